The van der Waals surface area contributed by atoms with Gasteiger partial charge >= 0.3 is 6.36 Å². The van der Waals surface area contributed by atoms with Crippen molar-refractivity contribution in [2.75, 3.05) is 7.11 Å². The van der Waals surface area contributed by atoms with Crippen LogP contribution in [0.25, 0.3) is 11.1 Å². The standard InChI is InChI=1S/C26H29F3N2O3/c1-4-5-6-13-21-24(18-11-9-12-20(15-18)34-26(27,28)29)23(25(30)32)17(2)31(21)16-19-10-7-8-14-22(19)33-3/h7-12,14-15H,4-6,13,16H2,1-3H3,(H2,30,32). The third-order valence-electron chi connectivity index (χ3n) is 5.77. The Kier molecular flexibility index (Phi) is 7.91. The number of methoxy groups -OCH3 is 1. The van der Waals surface area contributed by atoms with Crippen molar-refractivity contribution in [3.05, 3.63) is 71.0 Å². The number of primary amides is 1. The second kappa shape index (κ2) is 10.7. The van der Waals surface area contributed by atoms with Crippen LogP contribution in [0.15, 0.2) is 48.5 Å². The van der Waals surface area contributed by atoms with Gasteiger partial charge in [-0.3, -0.25) is 4.79 Å². The molecule has 0 spiro atoms. The lowest BCUT2D eigenvalue weighted by Crippen LogP contribution is -2.17. The fraction of sp³-hybridized carbons (Fsp3) is 0.346. The molecule has 0 atom stereocenters. The number of carbonyl (C=O) groups excluding carboxylic acids is 1. The number of hydrogen-bond acceptors (Lipinski definition) is 3. The Hall–Kier alpha value is -3.42. The summed E-state index contributed by atoms with van der Waals surface area (Å²) in [6.45, 7) is 4.32. The summed E-state index contributed by atoms with van der Waals surface area (Å²) in [5, 5.41) is 0. The van der Waals surface area contributed by atoms with Gasteiger partial charge in [0.05, 0.1) is 19.2 Å². The van der Waals surface area contributed by atoms with E-state index in [2.05, 4.69) is 11.7 Å². The van der Waals surface area contributed by atoms with E-state index in [0.717, 1.165) is 30.5 Å². The lowest BCUT2D eigenvalue weighted by Gasteiger charge is -2.16. The highest BCUT2D eigenvalue weighted by Gasteiger charge is 2.32. The van der Waals surface area contributed by atoms with Crippen molar-refractivity contribution in [1.29, 1.82) is 0 Å². The summed E-state index contributed by atoms with van der Waals surface area (Å²) in [5.74, 6) is -0.280. The van der Waals surface area contributed by atoms with Crippen molar-refractivity contribution in [3.63, 3.8) is 0 Å². The van der Waals surface area contributed by atoms with E-state index in [9.17, 15) is 18.0 Å². The topological polar surface area (TPSA) is 66.5 Å². The number of alkyl halides is 3. The Balaban J connectivity index is 2.21. The largest absolute Gasteiger partial charge is 0.573 e. The number of unbranched alkanes of at least 4 members (excludes halogenated alkanes) is 2. The SMILES string of the molecule is CCCCCc1c(-c2cccc(OC(F)(F)F)c2)c(C(N)=O)c(C)n1Cc1ccccc1OC. The van der Waals surface area contributed by atoms with E-state index >= 15 is 0 Å². The monoisotopic (exact) mass is 474 g/mol. The number of hydrogen-bond donors (Lipinski definition) is 1. The quantitative estimate of drug-likeness (QED) is 0.353. The van der Waals surface area contributed by atoms with Crippen molar-refractivity contribution < 1.29 is 27.4 Å². The van der Waals surface area contributed by atoms with E-state index in [1.54, 1.807) is 20.1 Å². The Bertz CT molecular complexity index is 1150. The number of benzene rings is 2. The zero-order chi connectivity index (χ0) is 24.9. The van der Waals surface area contributed by atoms with Gasteiger partial charge in [0.25, 0.3) is 5.91 Å². The molecule has 0 aliphatic carbocycles. The van der Waals surface area contributed by atoms with E-state index < -0.39 is 12.3 Å². The molecule has 5 nitrogen and oxygen atoms in total. The van der Waals surface area contributed by atoms with Crippen LogP contribution in [0.2, 0.25) is 0 Å². The minimum Gasteiger partial charge on any atom is -0.496 e. The summed E-state index contributed by atoms with van der Waals surface area (Å²) in [6.07, 6.45) is -1.35. The molecule has 34 heavy (non-hydrogen) atoms. The molecular formula is C26H29F3N2O3. The normalized spacial score (nSPS) is 11.5. The van der Waals surface area contributed by atoms with Crippen LogP contribution in [-0.2, 0) is 13.0 Å². The molecule has 1 heterocycles. The van der Waals surface area contributed by atoms with Gasteiger partial charge in [-0.25, -0.2) is 0 Å². The summed E-state index contributed by atoms with van der Waals surface area (Å²) >= 11 is 0. The number of para-hydroxylation sites is 1. The lowest BCUT2D eigenvalue weighted by atomic mass is 9.97. The van der Waals surface area contributed by atoms with Crippen LogP contribution < -0.4 is 15.2 Å². The van der Waals surface area contributed by atoms with Crippen molar-refractivity contribution in [2.45, 2.75) is 52.4 Å². The van der Waals surface area contributed by atoms with E-state index in [4.69, 9.17) is 10.5 Å². The van der Waals surface area contributed by atoms with Gasteiger partial charge in [-0.2, -0.15) is 0 Å². The predicted molar refractivity (Wildman–Crippen MR) is 125 cm³/mol. The molecule has 0 unspecified atom stereocenters. The number of ether oxygens (including phenoxy) is 2. The average molecular weight is 475 g/mol. The van der Waals surface area contributed by atoms with Gasteiger partial charge in [0, 0.05) is 22.5 Å². The number of nitrogens with two attached hydrogens (primary N) is 1. The Morgan fingerprint density at radius 3 is 2.47 bits per heavy atom. The highest BCUT2D eigenvalue weighted by Crippen LogP contribution is 2.37. The molecule has 8 heteroatoms. The summed E-state index contributed by atoms with van der Waals surface area (Å²) in [4.78, 5) is 12.6. The van der Waals surface area contributed by atoms with E-state index in [0.29, 0.717) is 41.1 Å². The summed E-state index contributed by atoms with van der Waals surface area (Å²) in [6, 6.07) is 13.3. The molecule has 0 saturated carbocycles. The zero-order valence-electron chi connectivity index (χ0n) is 19.5. The van der Waals surface area contributed by atoms with Crippen LogP contribution in [-0.4, -0.2) is 23.9 Å². The van der Waals surface area contributed by atoms with Gasteiger partial charge in [0.15, 0.2) is 0 Å². The van der Waals surface area contributed by atoms with Crippen molar-refractivity contribution in [2.24, 2.45) is 5.73 Å². The number of rotatable bonds is 10. The third kappa shape index (κ3) is 5.73. The predicted octanol–water partition coefficient (Wildman–Crippen LogP) is 6.25. The summed E-state index contributed by atoms with van der Waals surface area (Å²) in [7, 11) is 1.59. The lowest BCUT2D eigenvalue weighted by molar-refractivity contribution is -0.274. The first kappa shape index (κ1) is 25.2. The number of aromatic nitrogens is 1. The first-order valence-electron chi connectivity index (χ1n) is 11.2. The van der Waals surface area contributed by atoms with Gasteiger partial charge in [-0.05, 0) is 43.5 Å². The fourth-order valence-corrected chi connectivity index (χ4v) is 4.28. The van der Waals surface area contributed by atoms with E-state index in [-0.39, 0.29) is 5.75 Å². The highest BCUT2D eigenvalue weighted by molar-refractivity contribution is 6.02. The molecule has 0 saturated heterocycles. The third-order valence-corrected chi connectivity index (χ3v) is 5.77. The number of nitrogens with zero attached hydrogens (tertiary/aromatic N) is 1. The van der Waals surface area contributed by atoms with Gasteiger partial charge in [-0.15, -0.1) is 13.2 Å². The minimum atomic E-state index is -4.82. The van der Waals surface area contributed by atoms with Crippen molar-refractivity contribution in [1.82, 2.24) is 4.57 Å². The maximum absolute atomic E-state index is 12.8. The van der Waals surface area contributed by atoms with Gasteiger partial charge < -0.3 is 19.8 Å². The van der Waals surface area contributed by atoms with Crippen LogP contribution in [0.3, 0.4) is 0 Å². The molecule has 0 radical (unpaired) electrons. The maximum atomic E-state index is 12.8. The minimum absolute atomic E-state index is 0.297. The summed E-state index contributed by atoms with van der Waals surface area (Å²) < 4.78 is 50.2. The van der Waals surface area contributed by atoms with Gasteiger partial charge in [-0.1, -0.05) is 50.1 Å². The Labute approximate surface area is 197 Å². The second-order valence-electron chi connectivity index (χ2n) is 8.08. The molecule has 3 rings (SSSR count). The zero-order valence-corrected chi connectivity index (χ0v) is 19.5. The van der Waals surface area contributed by atoms with E-state index in [1.807, 2.05) is 28.8 Å². The molecule has 2 aromatic carbocycles. The summed E-state index contributed by atoms with van der Waals surface area (Å²) in [5.41, 5.74) is 9.49. The number of amides is 1. The molecule has 0 aliphatic rings. The molecule has 182 valence electrons. The average Bonchev–Trinajstić information content (AvgIpc) is 3.05. The highest BCUT2D eigenvalue weighted by atomic mass is 19.4. The first-order valence-corrected chi connectivity index (χ1v) is 11.2. The Morgan fingerprint density at radius 1 is 1.09 bits per heavy atom. The van der Waals surface area contributed by atoms with Crippen molar-refractivity contribution in [3.8, 4) is 22.6 Å². The van der Waals surface area contributed by atoms with Crippen LogP contribution in [0.4, 0.5) is 13.2 Å². The van der Waals surface area contributed by atoms with Crippen LogP contribution in [0.1, 0.15) is 53.5 Å². The molecule has 3 aromatic rings. The van der Waals surface area contributed by atoms with Gasteiger partial charge in [0.1, 0.15) is 11.5 Å². The molecule has 0 fully saturated rings. The molecule has 1 aromatic heterocycles. The van der Waals surface area contributed by atoms with Crippen LogP contribution in [0.5, 0.6) is 11.5 Å². The second-order valence-corrected chi connectivity index (χ2v) is 8.08. The molecule has 0 bridgehead atoms. The molecule has 0 aliphatic heterocycles. The number of carbonyl (C=O) groups is 1. The number of halogens is 3. The van der Waals surface area contributed by atoms with E-state index in [1.165, 1.54) is 18.2 Å². The maximum Gasteiger partial charge on any atom is 0.573 e. The fourth-order valence-electron chi connectivity index (χ4n) is 4.28. The molecule has 2 N–H and O–H groups in total. The van der Waals surface area contributed by atoms with Crippen molar-refractivity contribution >= 4 is 5.91 Å². The van der Waals surface area contributed by atoms with Gasteiger partial charge in [0.2, 0.25) is 0 Å². The van der Waals surface area contributed by atoms with Crippen LogP contribution in [0, 0.1) is 6.92 Å². The first-order chi connectivity index (χ1) is 16.2. The molecule has 1 amide bonds. The van der Waals surface area contributed by atoms with Crippen LogP contribution >= 0.6 is 0 Å². The Morgan fingerprint density at radius 2 is 1.82 bits per heavy atom. The molecular weight excluding hydrogens is 445 g/mol. The smallest absolute Gasteiger partial charge is 0.496 e.